The molecule has 0 rings (SSSR count). The summed E-state index contributed by atoms with van der Waals surface area (Å²) in [5, 5.41) is 10.2. The second-order valence-electron chi connectivity index (χ2n) is 3.67. The van der Waals surface area contributed by atoms with E-state index in [9.17, 15) is 13.2 Å². The first-order valence-electron chi connectivity index (χ1n) is 4.42. The third-order valence-corrected chi connectivity index (χ3v) is 2.27. The van der Waals surface area contributed by atoms with E-state index >= 15 is 0 Å². The molecule has 0 saturated heterocycles. The van der Waals surface area contributed by atoms with Crippen molar-refractivity contribution in [2.24, 2.45) is 5.92 Å². The van der Waals surface area contributed by atoms with Gasteiger partial charge in [-0.15, -0.1) is 0 Å². The number of hydrogen-bond donors (Lipinski definition) is 2. The number of carbonyl (C=O) groups is 1. The maximum Gasteiger partial charge on any atom is 0.251 e. The number of nitrogens with zero attached hydrogens (tertiary/aromatic N) is 1. The molecule has 86 valence electrons. The van der Waals surface area contributed by atoms with Gasteiger partial charge in [0.2, 0.25) is 10.0 Å². The van der Waals surface area contributed by atoms with Gasteiger partial charge >= 0.3 is 0 Å². The molecule has 1 unspecified atom stereocenters. The summed E-state index contributed by atoms with van der Waals surface area (Å²) in [6.45, 7) is 3.72. The fraction of sp³-hybridized carbons (Fsp3) is 0.750. The summed E-state index contributed by atoms with van der Waals surface area (Å²) in [5.41, 5.74) is 0. The summed E-state index contributed by atoms with van der Waals surface area (Å²) in [6, 6.07) is -0.889. The van der Waals surface area contributed by atoms with E-state index in [-0.39, 0.29) is 5.92 Å². The Morgan fingerprint density at radius 1 is 1.47 bits per heavy atom. The van der Waals surface area contributed by atoms with Gasteiger partial charge < -0.3 is 0 Å². The Hall–Kier alpha value is -1.13. The predicted octanol–water partition coefficient (Wildman–Crippen LogP) is -0.452. The summed E-state index contributed by atoms with van der Waals surface area (Å²) in [6.07, 6.45) is 2.79. The van der Waals surface area contributed by atoms with Gasteiger partial charge in [0.1, 0.15) is 6.04 Å². The molecular weight excluding hydrogens is 218 g/mol. The molecule has 1 amide bonds. The fourth-order valence-corrected chi connectivity index (χ4v) is 1.80. The van der Waals surface area contributed by atoms with Crippen LogP contribution in [0.4, 0.5) is 0 Å². The smallest absolute Gasteiger partial charge is 0.251 e. The van der Waals surface area contributed by atoms with E-state index in [0.717, 1.165) is 6.26 Å². The SMILES string of the molecule is CC(C)CC(NS(C)(=O)=O)C(=O)NC#N. The fourth-order valence-electron chi connectivity index (χ4n) is 1.08. The van der Waals surface area contributed by atoms with Crippen LogP contribution in [0.5, 0.6) is 0 Å². The van der Waals surface area contributed by atoms with E-state index in [0.29, 0.717) is 6.42 Å². The lowest BCUT2D eigenvalue weighted by Gasteiger charge is -2.16. The lowest BCUT2D eigenvalue weighted by Crippen LogP contribution is -2.45. The molecule has 7 heteroatoms. The predicted molar refractivity (Wildman–Crippen MR) is 55.0 cm³/mol. The van der Waals surface area contributed by atoms with Crippen molar-refractivity contribution >= 4 is 15.9 Å². The van der Waals surface area contributed by atoms with Crippen molar-refractivity contribution in [3.63, 3.8) is 0 Å². The molecule has 0 spiro atoms. The molecule has 0 aliphatic heterocycles. The van der Waals surface area contributed by atoms with Crippen LogP contribution < -0.4 is 10.0 Å². The van der Waals surface area contributed by atoms with Crippen LogP contribution in [0.3, 0.4) is 0 Å². The van der Waals surface area contributed by atoms with E-state index < -0.39 is 22.0 Å². The molecule has 0 saturated carbocycles. The van der Waals surface area contributed by atoms with Gasteiger partial charge in [0.25, 0.3) is 5.91 Å². The van der Waals surface area contributed by atoms with Crippen LogP contribution in [0.2, 0.25) is 0 Å². The first kappa shape index (κ1) is 13.9. The Balaban J connectivity index is 4.60. The Morgan fingerprint density at radius 2 is 2.00 bits per heavy atom. The Labute approximate surface area is 89.7 Å². The minimum atomic E-state index is -3.45. The van der Waals surface area contributed by atoms with E-state index in [1.807, 2.05) is 19.2 Å². The highest BCUT2D eigenvalue weighted by Gasteiger charge is 2.22. The number of hydrogen-bond acceptors (Lipinski definition) is 4. The molecule has 0 aliphatic rings. The molecule has 6 nitrogen and oxygen atoms in total. The van der Waals surface area contributed by atoms with Crippen LogP contribution in [0.1, 0.15) is 20.3 Å². The Morgan fingerprint density at radius 3 is 2.33 bits per heavy atom. The highest BCUT2D eigenvalue weighted by Crippen LogP contribution is 2.05. The van der Waals surface area contributed by atoms with Gasteiger partial charge in [-0.25, -0.2) is 13.1 Å². The minimum Gasteiger partial charge on any atom is -0.272 e. The lowest BCUT2D eigenvalue weighted by atomic mass is 10.0. The van der Waals surface area contributed by atoms with Crippen molar-refractivity contribution in [2.45, 2.75) is 26.3 Å². The topological polar surface area (TPSA) is 99.1 Å². The zero-order valence-electron chi connectivity index (χ0n) is 8.94. The molecule has 0 aromatic rings. The largest absolute Gasteiger partial charge is 0.272 e. The van der Waals surface area contributed by atoms with Gasteiger partial charge in [-0.2, -0.15) is 5.26 Å². The van der Waals surface area contributed by atoms with Crippen molar-refractivity contribution < 1.29 is 13.2 Å². The zero-order chi connectivity index (χ0) is 12.1. The number of amides is 1. The monoisotopic (exact) mass is 233 g/mol. The van der Waals surface area contributed by atoms with Crippen LogP contribution in [-0.2, 0) is 14.8 Å². The van der Waals surface area contributed by atoms with Gasteiger partial charge in [0.05, 0.1) is 6.26 Å². The number of nitriles is 1. The Bertz CT molecular complexity index is 356. The summed E-state index contributed by atoms with van der Waals surface area (Å²) < 4.78 is 24.1. The Kier molecular flexibility index (Phi) is 5.25. The van der Waals surface area contributed by atoms with Crippen molar-refractivity contribution in [3.05, 3.63) is 0 Å². The third-order valence-electron chi connectivity index (χ3n) is 1.56. The van der Waals surface area contributed by atoms with Crippen LogP contribution in [0.15, 0.2) is 0 Å². The molecule has 1 atom stereocenters. The van der Waals surface area contributed by atoms with Gasteiger partial charge in [-0.05, 0) is 12.3 Å². The summed E-state index contributed by atoms with van der Waals surface area (Å²) >= 11 is 0. The summed E-state index contributed by atoms with van der Waals surface area (Å²) in [7, 11) is -3.45. The number of sulfonamides is 1. The van der Waals surface area contributed by atoms with Crippen molar-refractivity contribution in [2.75, 3.05) is 6.26 Å². The average molecular weight is 233 g/mol. The standard InChI is InChI=1S/C8H15N3O3S/c1-6(2)4-7(8(12)10-5-9)11-15(3,13)14/h6-7,11H,4H2,1-3H3,(H,10,12). The number of carbonyl (C=O) groups excluding carboxylic acids is 1. The van der Waals surface area contributed by atoms with Crippen LogP contribution >= 0.6 is 0 Å². The molecule has 0 fully saturated rings. The van der Waals surface area contributed by atoms with Crippen LogP contribution in [0, 0.1) is 17.4 Å². The van der Waals surface area contributed by atoms with Gasteiger partial charge in [0.15, 0.2) is 6.19 Å². The highest BCUT2D eigenvalue weighted by atomic mass is 32.2. The highest BCUT2D eigenvalue weighted by molar-refractivity contribution is 7.88. The van der Waals surface area contributed by atoms with E-state index in [1.165, 1.54) is 6.19 Å². The molecule has 2 N–H and O–H groups in total. The minimum absolute atomic E-state index is 0.147. The molecule has 15 heavy (non-hydrogen) atoms. The third kappa shape index (κ3) is 6.88. The van der Waals surface area contributed by atoms with Gasteiger partial charge in [-0.3, -0.25) is 10.1 Å². The molecule has 0 radical (unpaired) electrons. The van der Waals surface area contributed by atoms with E-state index in [4.69, 9.17) is 5.26 Å². The summed E-state index contributed by atoms with van der Waals surface area (Å²) in [5.74, 6) is -0.481. The van der Waals surface area contributed by atoms with Crippen molar-refractivity contribution in [1.82, 2.24) is 10.0 Å². The van der Waals surface area contributed by atoms with Gasteiger partial charge in [-0.1, -0.05) is 13.8 Å². The quantitative estimate of drug-likeness (QED) is 0.496. The number of rotatable bonds is 5. The second kappa shape index (κ2) is 5.68. The normalized spacial score (nSPS) is 13.3. The molecule has 0 bridgehead atoms. The zero-order valence-corrected chi connectivity index (χ0v) is 9.76. The second-order valence-corrected chi connectivity index (χ2v) is 5.45. The lowest BCUT2D eigenvalue weighted by molar-refractivity contribution is -0.121. The van der Waals surface area contributed by atoms with E-state index in [1.54, 1.807) is 0 Å². The molecule has 0 aromatic carbocycles. The van der Waals surface area contributed by atoms with Crippen molar-refractivity contribution in [3.8, 4) is 6.19 Å². The van der Waals surface area contributed by atoms with Crippen LogP contribution in [0.25, 0.3) is 0 Å². The molecular formula is C8H15N3O3S. The van der Waals surface area contributed by atoms with E-state index in [2.05, 4.69) is 4.72 Å². The number of nitrogens with one attached hydrogen (secondary N) is 2. The van der Waals surface area contributed by atoms with Gasteiger partial charge in [0, 0.05) is 0 Å². The van der Waals surface area contributed by atoms with Crippen molar-refractivity contribution in [1.29, 1.82) is 5.26 Å². The summed E-state index contributed by atoms with van der Waals surface area (Å²) in [4.78, 5) is 11.3. The molecule has 0 aliphatic carbocycles. The first-order valence-corrected chi connectivity index (χ1v) is 6.31. The first-order chi connectivity index (χ1) is 6.76. The maximum absolute atomic E-state index is 11.3. The average Bonchev–Trinajstić information content (AvgIpc) is 1.99. The molecule has 0 aromatic heterocycles. The molecule has 0 heterocycles. The van der Waals surface area contributed by atoms with Crippen LogP contribution in [-0.4, -0.2) is 26.6 Å². The maximum atomic E-state index is 11.3.